The summed E-state index contributed by atoms with van der Waals surface area (Å²) in [6.45, 7) is 4.76. The monoisotopic (exact) mass is 256 g/mol. The molecule has 5 heteroatoms. The highest BCUT2D eigenvalue weighted by Gasteiger charge is 2.43. The minimum absolute atomic E-state index is 0.0556. The molecule has 5 nitrogen and oxygen atoms in total. The Hall–Kier alpha value is -1.10. The number of hydrogen-bond donors (Lipinski definition) is 2. The Labute approximate surface area is 108 Å². The molecule has 0 aromatic carbocycles. The Morgan fingerprint density at radius 3 is 2.67 bits per heavy atom. The minimum atomic E-state index is -1.03. The largest absolute Gasteiger partial charge is 0.480 e. The van der Waals surface area contributed by atoms with Gasteiger partial charge in [-0.2, -0.15) is 0 Å². The van der Waals surface area contributed by atoms with Gasteiger partial charge in [0.15, 0.2) is 0 Å². The van der Waals surface area contributed by atoms with Gasteiger partial charge >= 0.3 is 5.97 Å². The number of hydrogen-bond acceptors (Lipinski definition) is 3. The Kier molecular flexibility index (Phi) is 5.14. The highest BCUT2D eigenvalue weighted by atomic mass is 16.4. The predicted molar refractivity (Wildman–Crippen MR) is 69.1 cm³/mol. The number of carbonyl (C=O) groups excluding carboxylic acids is 1. The van der Waals surface area contributed by atoms with Crippen molar-refractivity contribution in [1.29, 1.82) is 0 Å². The summed E-state index contributed by atoms with van der Waals surface area (Å²) in [7, 11) is 0. The van der Waals surface area contributed by atoms with Crippen LogP contribution in [0.15, 0.2) is 0 Å². The van der Waals surface area contributed by atoms with Crippen molar-refractivity contribution in [3.8, 4) is 0 Å². The van der Waals surface area contributed by atoms with E-state index in [9.17, 15) is 14.7 Å². The molecule has 0 aromatic rings. The molecular formula is C13H24N2O3. The molecular weight excluding hydrogens is 232 g/mol. The molecule has 2 atom stereocenters. The third kappa shape index (κ3) is 3.22. The number of amides is 1. The highest BCUT2D eigenvalue weighted by molar-refractivity contribution is 5.87. The predicted octanol–water partition coefficient (Wildman–Crippen LogP) is 1.22. The van der Waals surface area contributed by atoms with Crippen molar-refractivity contribution >= 4 is 11.9 Å². The van der Waals surface area contributed by atoms with Crippen LogP contribution in [0.3, 0.4) is 0 Å². The van der Waals surface area contributed by atoms with Crippen LogP contribution in [0.1, 0.15) is 46.0 Å². The SMILES string of the molecule is CC(CN)CCC(=O)N1CCCCC1(C)C(=O)O. The molecule has 0 radical (unpaired) electrons. The first-order chi connectivity index (χ1) is 8.41. The molecule has 1 amide bonds. The van der Waals surface area contributed by atoms with Crippen LogP contribution in [0, 0.1) is 5.92 Å². The maximum atomic E-state index is 12.2. The third-order valence-corrected chi connectivity index (χ3v) is 3.91. The van der Waals surface area contributed by atoms with Crippen LogP contribution in [0.2, 0.25) is 0 Å². The van der Waals surface area contributed by atoms with Gasteiger partial charge in [0.2, 0.25) is 5.91 Å². The van der Waals surface area contributed by atoms with E-state index in [1.807, 2.05) is 6.92 Å². The van der Waals surface area contributed by atoms with Crippen molar-refractivity contribution in [3.63, 3.8) is 0 Å². The molecule has 1 heterocycles. The summed E-state index contributed by atoms with van der Waals surface area (Å²) in [5.41, 5.74) is 4.49. The molecule has 0 aliphatic carbocycles. The zero-order valence-corrected chi connectivity index (χ0v) is 11.3. The van der Waals surface area contributed by atoms with Crippen molar-refractivity contribution in [2.75, 3.05) is 13.1 Å². The molecule has 1 saturated heterocycles. The molecule has 0 spiro atoms. The quantitative estimate of drug-likeness (QED) is 0.774. The van der Waals surface area contributed by atoms with Crippen LogP contribution < -0.4 is 5.73 Å². The van der Waals surface area contributed by atoms with Crippen LogP contribution in [0.4, 0.5) is 0 Å². The summed E-state index contributed by atoms with van der Waals surface area (Å²) in [4.78, 5) is 25.1. The molecule has 2 unspecified atom stereocenters. The van der Waals surface area contributed by atoms with E-state index in [0.29, 0.717) is 31.8 Å². The first-order valence-corrected chi connectivity index (χ1v) is 6.65. The molecule has 1 aliphatic rings. The second-order valence-corrected chi connectivity index (χ2v) is 5.46. The molecule has 1 aliphatic heterocycles. The molecule has 0 aromatic heterocycles. The van der Waals surface area contributed by atoms with Gasteiger partial charge in [0.25, 0.3) is 0 Å². The fraction of sp³-hybridized carbons (Fsp3) is 0.846. The van der Waals surface area contributed by atoms with Crippen LogP contribution in [0.25, 0.3) is 0 Å². The van der Waals surface area contributed by atoms with Crippen molar-refractivity contribution in [2.45, 2.75) is 51.5 Å². The van der Waals surface area contributed by atoms with Crippen molar-refractivity contribution in [1.82, 2.24) is 4.90 Å². The zero-order valence-electron chi connectivity index (χ0n) is 11.3. The first kappa shape index (κ1) is 15.0. The van der Waals surface area contributed by atoms with Gasteiger partial charge in [-0.05, 0) is 45.1 Å². The molecule has 1 fully saturated rings. The average Bonchev–Trinajstić information content (AvgIpc) is 2.35. The van der Waals surface area contributed by atoms with E-state index in [2.05, 4.69) is 0 Å². The Balaban J connectivity index is 2.66. The van der Waals surface area contributed by atoms with Gasteiger partial charge in [-0.3, -0.25) is 4.79 Å². The number of nitrogens with zero attached hydrogens (tertiary/aromatic N) is 1. The number of carbonyl (C=O) groups is 2. The number of rotatable bonds is 5. The lowest BCUT2D eigenvalue weighted by Gasteiger charge is -2.41. The molecule has 1 rings (SSSR count). The number of piperidine rings is 1. The lowest BCUT2D eigenvalue weighted by molar-refractivity contribution is -0.161. The normalized spacial score (nSPS) is 25.8. The van der Waals surface area contributed by atoms with Gasteiger partial charge < -0.3 is 15.7 Å². The van der Waals surface area contributed by atoms with Gasteiger partial charge in [-0.1, -0.05) is 6.92 Å². The Morgan fingerprint density at radius 1 is 1.44 bits per heavy atom. The zero-order chi connectivity index (χ0) is 13.8. The summed E-state index contributed by atoms with van der Waals surface area (Å²) in [6.07, 6.45) is 3.41. The lowest BCUT2D eigenvalue weighted by Crippen LogP contribution is -2.57. The van der Waals surface area contributed by atoms with E-state index in [-0.39, 0.29) is 5.91 Å². The number of carboxylic acids is 1. The van der Waals surface area contributed by atoms with Crippen LogP contribution >= 0.6 is 0 Å². The standard InChI is InChI=1S/C13H24N2O3/c1-10(9-14)5-6-11(16)15-8-4-3-7-13(15,2)12(17)18/h10H,3-9,14H2,1-2H3,(H,17,18). The summed E-state index contributed by atoms with van der Waals surface area (Å²) >= 11 is 0. The molecule has 104 valence electrons. The van der Waals surface area contributed by atoms with Gasteiger partial charge in [-0.15, -0.1) is 0 Å². The smallest absolute Gasteiger partial charge is 0.329 e. The van der Waals surface area contributed by atoms with E-state index >= 15 is 0 Å². The van der Waals surface area contributed by atoms with E-state index in [1.54, 1.807) is 11.8 Å². The number of likely N-dealkylation sites (tertiary alicyclic amines) is 1. The van der Waals surface area contributed by atoms with Crippen molar-refractivity contribution < 1.29 is 14.7 Å². The van der Waals surface area contributed by atoms with Crippen LogP contribution in [-0.4, -0.2) is 40.5 Å². The second kappa shape index (κ2) is 6.18. The fourth-order valence-corrected chi connectivity index (χ4v) is 2.37. The fourth-order valence-electron chi connectivity index (χ4n) is 2.37. The maximum absolute atomic E-state index is 12.2. The van der Waals surface area contributed by atoms with Gasteiger partial charge in [0.1, 0.15) is 5.54 Å². The molecule has 0 bridgehead atoms. The van der Waals surface area contributed by atoms with E-state index in [0.717, 1.165) is 19.3 Å². The Morgan fingerprint density at radius 2 is 2.11 bits per heavy atom. The van der Waals surface area contributed by atoms with E-state index in [4.69, 9.17) is 5.73 Å². The molecule has 18 heavy (non-hydrogen) atoms. The number of nitrogens with two attached hydrogens (primary N) is 1. The van der Waals surface area contributed by atoms with Crippen molar-refractivity contribution in [2.24, 2.45) is 11.7 Å². The van der Waals surface area contributed by atoms with Crippen LogP contribution in [0.5, 0.6) is 0 Å². The summed E-state index contributed by atoms with van der Waals surface area (Å²) < 4.78 is 0. The van der Waals surface area contributed by atoms with Gasteiger partial charge in [0, 0.05) is 13.0 Å². The molecule has 0 saturated carbocycles. The Bertz CT molecular complexity index is 319. The van der Waals surface area contributed by atoms with Gasteiger partial charge in [-0.25, -0.2) is 4.79 Å². The lowest BCUT2D eigenvalue weighted by atomic mass is 9.88. The third-order valence-electron chi connectivity index (χ3n) is 3.91. The molecule has 3 N–H and O–H groups in total. The summed E-state index contributed by atoms with van der Waals surface area (Å²) in [5.74, 6) is -0.655. The summed E-state index contributed by atoms with van der Waals surface area (Å²) in [6, 6.07) is 0. The first-order valence-electron chi connectivity index (χ1n) is 6.65. The highest BCUT2D eigenvalue weighted by Crippen LogP contribution is 2.29. The topological polar surface area (TPSA) is 83.6 Å². The second-order valence-electron chi connectivity index (χ2n) is 5.46. The summed E-state index contributed by atoms with van der Waals surface area (Å²) in [5, 5.41) is 9.33. The minimum Gasteiger partial charge on any atom is -0.480 e. The number of aliphatic carboxylic acids is 1. The van der Waals surface area contributed by atoms with Gasteiger partial charge in [0.05, 0.1) is 0 Å². The van der Waals surface area contributed by atoms with E-state index < -0.39 is 11.5 Å². The average molecular weight is 256 g/mol. The number of carboxylic acid groups (broad SMARTS) is 1. The van der Waals surface area contributed by atoms with E-state index in [1.165, 1.54) is 0 Å². The van der Waals surface area contributed by atoms with Crippen LogP contribution in [-0.2, 0) is 9.59 Å². The van der Waals surface area contributed by atoms with Crippen molar-refractivity contribution in [3.05, 3.63) is 0 Å². The maximum Gasteiger partial charge on any atom is 0.329 e.